The van der Waals surface area contributed by atoms with Gasteiger partial charge in [-0.3, -0.25) is 4.68 Å². The number of aryl methyl sites for hydroxylation is 1. The predicted octanol–water partition coefficient (Wildman–Crippen LogP) is 1.81. The van der Waals surface area contributed by atoms with Gasteiger partial charge in [0.25, 0.3) is 0 Å². The van der Waals surface area contributed by atoms with Crippen molar-refractivity contribution in [2.75, 3.05) is 5.32 Å². The standard InChI is InChI=1S/C13H11N5O2/c1-18-6-9(5-16-18)17-12-10-3-2-8(13(19)20)4-11(10)14-7-15-12/h2-7H,1H3,(H,19,20)(H,14,15,17). The molecule has 0 fully saturated rings. The monoisotopic (exact) mass is 269 g/mol. The van der Waals surface area contributed by atoms with Gasteiger partial charge < -0.3 is 10.4 Å². The van der Waals surface area contributed by atoms with Crippen LogP contribution < -0.4 is 5.32 Å². The summed E-state index contributed by atoms with van der Waals surface area (Å²) in [5.41, 5.74) is 1.57. The molecule has 0 aliphatic rings. The molecule has 2 heterocycles. The topological polar surface area (TPSA) is 92.9 Å². The van der Waals surface area contributed by atoms with Crippen molar-refractivity contribution in [2.45, 2.75) is 0 Å². The van der Waals surface area contributed by atoms with Crippen molar-refractivity contribution in [1.29, 1.82) is 0 Å². The number of rotatable bonds is 3. The van der Waals surface area contributed by atoms with Gasteiger partial charge in [-0.2, -0.15) is 5.10 Å². The summed E-state index contributed by atoms with van der Waals surface area (Å²) in [6.45, 7) is 0. The van der Waals surface area contributed by atoms with Crippen molar-refractivity contribution >= 4 is 28.4 Å². The molecule has 0 saturated heterocycles. The molecule has 2 N–H and O–H groups in total. The normalized spacial score (nSPS) is 10.7. The highest BCUT2D eigenvalue weighted by molar-refractivity contribution is 5.96. The average molecular weight is 269 g/mol. The van der Waals surface area contributed by atoms with Crippen LogP contribution in [-0.2, 0) is 7.05 Å². The minimum absolute atomic E-state index is 0.198. The van der Waals surface area contributed by atoms with Crippen LogP contribution in [0.3, 0.4) is 0 Å². The fourth-order valence-electron chi connectivity index (χ4n) is 1.91. The van der Waals surface area contributed by atoms with E-state index in [9.17, 15) is 4.79 Å². The summed E-state index contributed by atoms with van der Waals surface area (Å²) in [6.07, 6.45) is 4.89. The number of benzene rings is 1. The van der Waals surface area contributed by atoms with Crippen LogP contribution in [0.15, 0.2) is 36.9 Å². The van der Waals surface area contributed by atoms with Gasteiger partial charge in [-0.25, -0.2) is 14.8 Å². The molecule has 100 valence electrons. The number of hydrogen-bond donors (Lipinski definition) is 2. The summed E-state index contributed by atoms with van der Waals surface area (Å²) in [4.78, 5) is 19.2. The second-order valence-electron chi connectivity index (χ2n) is 4.29. The molecular formula is C13H11N5O2. The van der Waals surface area contributed by atoms with Crippen molar-refractivity contribution < 1.29 is 9.90 Å². The molecule has 1 aromatic carbocycles. The molecule has 0 atom stereocenters. The molecule has 0 radical (unpaired) electrons. The van der Waals surface area contributed by atoms with Crippen LogP contribution in [0.4, 0.5) is 11.5 Å². The SMILES string of the molecule is Cn1cc(Nc2ncnc3cc(C(=O)O)ccc23)cn1. The highest BCUT2D eigenvalue weighted by atomic mass is 16.4. The first-order valence-electron chi connectivity index (χ1n) is 5.87. The second kappa shape index (κ2) is 4.61. The van der Waals surface area contributed by atoms with Crippen molar-refractivity contribution in [3.05, 3.63) is 42.5 Å². The molecule has 3 aromatic rings. The van der Waals surface area contributed by atoms with Gasteiger partial charge in [0.1, 0.15) is 12.1 Å². The average Bonchev–Trinajstić information content (AvgIpc) is 2.84. The fraction of sp³-hybridized carbons (Fsp3) is 0.0769. The van der Waals surface area contributed by atoms with Gasteiger partial charge in [0.2, 0.25) is 0 Å². The molecule has 0 bridgehead atoms. The zero-order valence-corrected chi connectivity index (χ0v) is 10.6. The van der Waals surface area contributed by atoms with Crippen LogP contribution in [0.25, 0.3) is 10.9 Å². The molecule has 0 amide bonds. The summed E-state index contributed by atoms with van der Waals surface area (Å²) in [6, 6.07) is 4.74. The highest BCUT2D eigenvalue weighted by Crippen LogP contribution is 2.23. The Labute approximate surface area is 113 Å². The van der Waals surface area contributed by atoms with Gasteiger partial charge >= 0.3 is 5.97 Å². The molecule has 2 aromatic heterocycles. The van der Waals surface area contributed by atoms with Gasteiger partial charge in [-0.1, -0.05) is 0 Å². The predicted molar refractivity (Wildman–Crippen MR) is 73.0 cm³/mol. The van der Waals surface area contributed by atoms with Gasteiger partial charge in [-0.15, -0.1) is 0 Å². The summed E-state index contributed by atoms with van der Waals surface area (Å²) in [5, 5.41) is 16.9. The summed E-state index contributed by atoms with van der Waals surface area (Å²) >= 11 is 0. The maximum Gasteiger partial charge on any atom is 0.335 e. The lowest BCUT2D eigenvalue weighted by Gasteiger charge is -2.06. The van der Waals surface area contributed by atoms with Crippen LogP contribution >= 0.6 is 0 Å². The maximum atomic E-state index is 11.0. The highest BCUT2D eigenvalue weighted by Gasteiger charge is 2.08. The molecule has 3 rings (SSSR count). The number of aromatic nitrogens is 4. The largest absolute Gasteiger partial charge is 0.478 e. The number of carbonyl (C=O) groups is 1. The van der Waals surface area contributed by atoms with E-state index < -0.39 is 5.97 Å². The Kier molecular flexibility index (Phi) is 2.79. The first-order chi connectivity index (χ1) is 9.63. The Morgan fingerprint density at radius 2 is 2.20 bits per heavy atom. The van der Waals surface area contributed by atoms with Crippen LogP contribution in [0.5, 0.6) is 0 Å². The van der Waals surface area contributed by atoms with Gasteiger partial charge in [0, 0.05) is 18.6 Å². The third-order valence-electron chi connectivity index (χ3n) is 2.85. The van der Waals surface area contributed by atoms with Crippen LogP contribution in [0.1, 0.15) is 10.4 Å². The van der Waals surface area contributed by atoms with E-state index in [0.29, 0.717) is 11.3 Å². The smallest absolute Gasteiger partial charge is 0.335 e. The van der Waals surface area contributed by atoms with Crippen LogP contribution in [0, 0.1) is 0 Å². The Balaban J connectivity index is 2.05. The lowest BCUT2D eigenvalue weighted by Crippen LogP contribution is -1.99. The maximum absolute atomic E-state index is 11.0. The zero-order chi connectivity index (χ0) is 14.1. The van der Waals surface area contributed by atoms with E-state index in [4.69, 9.17) is 5.11 Å². The summed E-state index contributed by atoms with van der Waals surface area (Å²) in [7, 11) is 1.82. The molecule has 0 aliphatic heterocycles. The number of anilines is 2. The zero-order valence-electron chi connectivity index (χ0n) is 10.6. The van der Waals surface area contributed by atoms with E-state index in [-0.39, 0.29) is 5.56 Å². The van der Waals surface area contributed by atoms with Crippen LogP contribution in [0.2, 0.25) is 0 Å². The van der Waals surface area contributed by atoms with Crippen LogP contribution in [-0.4, -0.2) is 30.8 Å². The first-order valence-corrected chi connectivity index (χ1v) is 5.87. The number of nitrogens with one attached hydrogen (secondary N) is 1. The number of nitrogens with zero attached hydrogens (tertiary/aromatic N) is 4. The summed E-state index contributed by atoms with van der Waals surface area (Å²) < 4.78 is 1.67. The molecule has 7 heteroatoms. The Hall–Kier alpha value is -2.96. The molecular weight excluding hydrogens is 258 g/mol. The van der Waals surface area contributed by atoms with Gasteiger partial charge in [0.05, 0.1) is 23.0 Å². The third-order valence-corrected chi connectivity index (χ3v) is 2.85. The second-order valence-corrected chi connectivity index (χ2v) is 4.29. The number of hydrogen-bond acceptors (Lipinski definition) is 5. The van der Waals surface area contributed by atoms with Gasteiger partial charge in [-0.05, 0) is 18.2 Å². The van der Waals surface area contributed by atoms with Gasteiger partial charge in [0.15, 0.2) is 0 Å². The lowest BCUT2D eigenvalue weighted by atomic mass is 10.1. The van der Waals surface area contributed by atoms with E-state index in [1.165, 1.54) is 18.5 Å². The molecule has 0 spiro atoms. The van der Waals surface area contributed by atoms with E-state index in [2.05, 4.69) is 20.4 Å². The summed E-state index contributed by atoms with van der Waals surface area (Å²) in [5.74, 6) is -0.368. The van der Waals surface area contributed by atoms with E-state index >= 15 is 0 Å². The fourth-order valence-corrected chi connectivity index (χ4v) is 1.91. The number of fused-ring (bicyclic) bond motifs is 1. The quantitative estimate of drug-likeness (QED) is 0.753. The third kappa shape index (κ3) is 2.16. The lowest BCUT2D eigenvalue weighted by molar-refractivity contribution is 0.0697. The first kappa shape index (κ1) is 12.1. The number of aromatic carboxylic acids is 1. The Morgan fingerprint density at radius 3 is 2.90 bits per heavy atom. The van der Waals surface area contributed by atoms with Crippen molar-refractivity contribution in [3.8, 4) is 0 Å². The molecule has 20 heavy (non-hydrogen) atoms. The Morgan fingerprint density at radius 1 is 1.35 bits per heavy atom. The minimum Gasteiger partial charge on any atom is -0.478 e. The van der Waals surface area contributed by atoms with E-state index in [1.54, 1.807) is 16.9 Å². The van der Waals surface area contributed by atoms with Crippen molar-refractivity contribution in [1.82, 2.24) is 19.7 Å². The Bertz CT molecular complexity index is 796. The molecule has 7 nitrogen and oxygen atoms in total. The molecule has 0 saturated carbocycles. The minimum atomic E-state index is -0.979. The number of carboxylic acid groups (broad SMARTS) is 1. The van der Waals surface area contributed by atoms with Crippen molar-refractivity contribution in [2.24, 2.45) is 7.05 Å². The molecule has 0 unspecified atom stereocenters. The van der Waals surface area contributed by atoms with Crippen molar-refractivity contribution in [3.63, 3.8) is 0 Å². The van der Waals surface area contributed by atoms with E-state index in [0.717, 1.165) is 11.1 Å². The molecule has 0 aliphatic carbocycles. The number of carboxylic acids is 1. The van der Waals surface area contributed by atoms with E-state index in [1.807, 2.05) is 13.2 Å².